The van der Waals surface area contributed by atoms with Crippen molar-refractivity contribution in [2.45, 2.75) is 31.8 Å². The second-order valence-electron chi connectivity index (χ2n) is 7.93. The normalized spacial score (nSPS) is 20.0. The molecule has 0 aliphatic carbocycles. The summed E-state index contributed by atoms with van der Waals surface area (Å²) in [5, 5.41) is 6.65. The van der Waals surface area contributed by atoms with Gasteiger partial charge in [-0.25, -0.2) is 0 Å². The van der Waals surface area contributed by atoms with E-state index in [1.165, 1.54) is 11.1 Å². The predicted molar refractivity (Wildman–Crippen MR) is 106 cm³/mol. The molecule has 0 bridgehead atoms. The molecule has 1 aromatic heterocycles. The lowest BCUT2D eigenvalue weighted by Gasteiger charge is -2.43. The van der Waals surface area contributed by atoms with E-state index in [1.54, 1.807) is 0 Å². The van der Waals surface area contributed by atoms with E-state index < -0.39 is 0 Å². The third-order valence-corrected chi connectivity index (χ3v) is 5.85. The summed E-state index contributed by atoms with van der Waals surface area (Å²) >= 11 is 0. The molecule has 0 unspecified atom stereocenters. The molecular weight excluding hydrogens is 336 g/mol. The first kappa shape index (κ1) is 18.1. The van der Waals surface area contributed by atoms with Gasteiger partial charge in [-0.05, 0) is 36.5 Å². The number of hydrogen-bond acceptors (Lipinski definition) is 4. The fourth-order valence-electron chi connectivity index (χ4n) is 4.10. The van der Waals surface area contributed by atoms with E-state index in [0.29, 0.717) is 0 Å². The molecule has 0 saturated carbocycles. The lowest BCUT2D eigenvalue weighted by atomic mass is 9.75. The number of likely N-dealkylation sites (tertiary alicyclic amines) is 1. The topological polar surface area (TPSA) is 57.3 Å². The van der Waals surface area contributed by atoms with Gasteiger partial charge in [0.2, 0.25) is 5.91 Å². The molecule has 3 heterocycles. The number of benzene rings is 1. The molecule has 1 amide bonds. The van der Waals surface area contributed by atoms with Crippen LogP contribution in [0, 0.1) is 5.41 Å². The lowest BCUT2D eigenvalue weighted by molar-refractivity contribution is -0.135. The minimum atomic E-state index is -0.284. The molecule has 0 radical (unpaired) electrons. The van der Waals surface area contributed by atoms with Gasteiger partial charge in [0.25, 0.3) is 0 Å². The minimum Gasteiger partial charge on any atom is -0.353 e. The van der Waals surface area contributed by atoms with Crippen LogP contribution in [0.2, 0.25) is 0 Å². The van der Waals surface area contributed by atoms with Crippen molar-refractivity contribution in [3.05, 3.63) is 66.0 Å². The average Bonchev–Trinajstić information content (AvgIpc) is 2.68. The van der Waals surface area contributed by atoms with Crippen LogP contribution >= 0.6 is 0 Å². The molecule has 2 aliphatic heterocycles. The Kier molecular flexibility index (Phi) is 5.50. The molecule has 4 rings (SSSR count). The van der Waals surface area contributed by atoms with Crippen LogP contribution < -0.4 is 10.6 Å². The summed E-state index contributed by atoms with van der Waals surface area (Å²) in [7, 11) is 0. The van der Waals surface area contributed by atoms with Gasteiger partial charge in [-0.15, -0.1) is 0 Å². The molecule has 142 valence electrons. The van der Waals surface area contributed by atoms with Crippen molar-refractivity contribution < 1.29 is 4.79 Å². The second-order valence-corrected chi connectivity index (χ2v) is 7.93. The smallest absolute Gasteiger partial charge is 0.229 e. The van der Waals surface area contributed by atoms with E-state index in [-0.39, 0.29) is 17.4 Å². The Morgan fingerprint density at radius 3 is 2.48 bits per heavy atom. The summed E-state index contributed by atoms with van der Waals surface area (Å²) in [5.41, 5.74) is 2.21. The SMILES string of the molecule is O=C(NC1CCN(Cc2cccnc2)CC1)C1(Cc2ccccc2)CNC1. The number of rotatable bonds is 6. The molecule has 0 spiro atoms. The molecular formula is C22H28N4O. The quantitative estimate of drug-likeness (QED) is 0.823. The van der Waals surface area contributed by atoms with E-state index in [2.05, 4.69) is 38.7 Å². The monoisotopic (exact) mass is 364 g/mol. The van der Waals surface area contributed by atoms with Crippen LogP contribution in [0.1, 0.15) is 24.0 Å². The molecule has 2 saturated heterocycles. The van der Waals surface area contributed by atoms with E-state index in [0.717, 1.165) is 52.0 Å². The van der Waals surface area contributed by atoms with Crippen molar-refractivity contribution >= 4 is 5.91 Å². The third-order valence-electron chi connectivity index (χ3n) is 5.85. The highest BCUT2D eigenvalue weighted by Crippen LogP contribution is 2.29. The molecule has 2 fully saturated rings. The third kappa shape index (κ3) is 4.37. The zero-order valence-electron chi connectivity index (χ0n) is 15.7. The van der Waals surface area contributed by atoms with Crippen molar-refractivity contribution in [2.24, 2.45) is 5.41 Å². The van der Waals surface area contributed by atoms with E-state index in [1.807, 2.05) is 36.7 Å². The predicted octanol–water partition coefficient (Wildman–Crippen LogP) is 1.99. The number of hydrogen-bond donors (Lipinski definition) is 2. The van der Waals surface area contributed by atoms with Crippen molar-refractivity contribution in [1.82, 2.24) is 20.5 Å². The molecule has 2 N–H and O–H groups in total. The molecule has 0 atom stereocenters. The Hall–Kier alpha value is -2.24. The fraction of sp³-hybridized carbons (Fsp3) is 0.455. The first-order chi connectivity index (χ1) is 13.2. The maximum absolute atomic E-state index is 13.0. The lowest BCUT2D eigenvalue weighted by Crippen LogP contribution is -2.64. The number of amides is 1. The van der Waals surface area contributed by atoms with Crippen molar-refractivity contribution in [3.8, 4) is 0 Å². The zero-order chi connectivity index (χ0) is 18.5. The van der Waals surface area contributed by atoms with E-state index in [4.69, 9.17) is 0 Å². The van der Waals surface area contributed by atoms with Crippen molar-refractivity contribution in [3.63, 3.8) is 0 Å². The fourth-order valence-corrected chi connectivity index (χ4v) is 4.10. The summed E-state index contributed by atoms with van der Waals surface area (Å²) in [6.45, 7) is 4.52. The first-order valence-corrected chi connectivity index (χ1v) is 9.90. The van der Waals surface area contributed by atoms with Crippen LogP contribution in [0.15, 0.2) is 54.9 Å². The number of pyridine rings is 1. The van der Waals surface area contributed by atoms with Gasteiger partial charge in [-0.1, -0.05) is 36.4 Å². The molecule has 1 aromatic carbocycles. The molecule has 2 aromatic rings. The summed E-state index contributed by atoms with van der Waals surface area (Å²) in [6, 6.07) is 14.7. The number of carbonyl (C=O) groups is 1. The van der Waals surface area contributed by atoms with Gasteiger partial charge in [0, 0.05) is 51.2 Å². The largest absolute Gasteiger partial charge is 0.353 e. The molecule has 2 aliphatic rings. The minimum absolute atomic E-state index is 0.218. The van der Waals surface area contributed by atoms with Crippen molar-refractivity contribution in [2.75, 3.05) is 26.2 Å². The van der Waals surface area contributed by atoms with Crippen LogP contribution in [0.3, 0.4) is 0 Å². The first-order valence-electron chi connectivity index (χ1n) is 9.90. The zero-order valence-corrected chi connectivity index (χ0v) is 15.7. The van der Waals surface area contributed by atoms with Gasteiger partial charge >= 0.3 is 0 Å². The van der Waals surface area contributed by atoms with Crippen LogP contribution in [0.4, 0.5) is 0 Å². The number of aromatic nitrogens is 1. The number of piperidine rings is 1. The number of nitrogens with zero attached hydrogens (tertiary/aromatic N) is 2. The Balaban J connectivity index is 1.28. The molecule has 5 nitrogen and oxygen atoms in total. The Labute approximate surface area is 161 Å². The Morgan fingerprint density at radius 2 is 1.85 bits per heavy atom. The summed E-state index contributed by atoms with van der Waals surface area (Å²) in [5.74, 6) is 0.218. The Bertz CT molecular complexity index is 737. The number of nitrogens with one attached hydrogen (secondary N) is 2. The van der Waals surface area contributed by atoms with Crippen LogP contribution in [0.5, 0.6) is 0 Å². The highest BCUT2D eigenvalue weighted by molar-refractivity contribution is 5.85. The van der Waals surface area contributed by atoms with E-state index in [9.17, 15) is 4.79 Å². The second kappa shape index (κ2) is 8.19. The number of carbonyl (C=O) groups excluding carboxylic acids is 1. The Morgan fingerprint density at radius 1 is 1.11 bits per heavy atom. The average molecular weight is 364 g/mol. The van der Waals surface area contributed by atoms with Crippen LogP contribution in [-0.4, -0.2) is 48.0 Å². The highest BCUT2D eigenvalue weighted by atomic mass is 16.2. The van der Waals surface area contributed by atoms with Crippen molar-refractivity contribution in [1.29, 1.82) is 0 Å². The maximum Gasteiger partial charge on any atom is 0.229 e. The molecule has 27 heavy (non-hydrogen) atoms. The van der Waals surface area contributed by atoms with Gasteiger partial charge in [0.05, 0.1) is 5.41 Å². The van der Waals surface area contributed by atoms with Gasteiger partial charge in [-0.3, -0.25) is 14.7 Å². The summed E-state index contributed by atoms with van der Waals surface area (Å²) < 4.78 is 0. The van der Waals surface area contributed by atoms with Gasteiger partial charge in [0.1, 0.15) is 0 Å². The van der Waals surface area contributed by atoms with Crippen LogP contribution in [0.25, 0.3) is 0 Å². The van der Waals surface area contributed by atoms with Gasteiger partial charge in [-0.2, -0.15) is 0 Å². The summed E-state index contributed by atoms with van der Waals surface area (Å²) in [4.78, 5) is 19.7. The standard InChI is InChI=1S/C22H28N4O/c27-21(22(16-24-17-22)13-18-5-2-1-3-6-18)25-20-8-11-26(12-9-20)15-19-7-4-10-23-14-19/h1-7,10,14,20,24H,8-9,11-13,15-17H2,(H,25,27). The van der Waals surface area contributed by atoms with Gasteiger partial charge in [0.15, 0.2) is 0 Å². The molecule has 5 heteroatoms. The summed E-state index contributed by atoms with van der Waals surface area (Å²) in [6.07, 6.45) is 6.59. The van der Waals surface area contributed by atoms with Crippen LogP contribution in [-0.2, 0) is 17.8 Å². The maximum atomic E-state index is 13.0. The highest BCUT2D eigenvalue weighted by Gasteiger charge is 2.44. The van der Waals surface area contributed by atoms with Gasteiger partial charge < -0.3 is 10.6 Å². The van der Waals surface area contributed by atoms with E-state index >= 15 is 0 Å².